The van der Waals surface area contributed by atoms with Crippen LogP contribution in [0.3, 0.4) is 0 Å². The molecule has 1 rings (SSSR count). The Bertz CT molecular complexity index is 134. The summed E-state index contributed by atoms with van der Waals surface area (Å²) < 4.78 is 0. The summed E-state index contributed by atoms with van der Waals surface area (Å²) in [5, 5.41) is 0. The van der Waals surface area contributed by atoms with Gasteiger partial charge >= 0.3 is 0 Å². The van der Waals surface area contributed by atoms with Crippen molar-refractivity contribution in [1.82, 2.24) is 0 Å². The topological polar surface area (TPSA) is 0 Å². The fourth-order valence-corrected chi connectivity index (χ4v) is 1.08. The van der Waals surface area contributed by atoms with Crippen molar-refractivity contribution in [1.29, 1.82) is 0 Å². The summed E-state index contributed by atoms with van der Waals surface area (Å²) in [5.74, 6) is 0. The largest absolute Gasteiger partial charge is 0.0805 e. The second-order valence-corrected chi connectivity index (χ2v) is 2.56. The van der Waals surface area contributed by atoms with E-state index in [2.05, 4.69) is 25.2 Å². The second-order valence-electron chi connectivity index (χ2n) is 2.56. The van der Waals surface area contributed by atoms with Gasteiger partial charge in [-0.3, -0.25) is 0 Å². The van der Waals surface area contributed by atoms with Gasteiger partial charge in [-0.25, -0.2) is 0 Å². The fourth-order valence-electron chi connectivity index (χ4n) is 1.08. The molecule has 0 aromatic rings. The van der Waals surface area contributed by atoms with E-state index >= 15 is 0 Å². The maximum atomic E-state index is 2.25. The van der Waals surface area contributed by atoms with E-state index in [-0.39, 0.29) is 32.7 Å². The summed E-state index contributed by atoms with van der Waals surface area (Å²) in [7, 11) is 0. The molecule has 1 heteroatoms. The maximum absolute atomic E-state index is 2.25. The van der Waals surface area contributed by atoms with E-state index < -0.39 is 0 Å². The predicted octanol–water partition coefficient (Wildman–Crippen LogP) is 3.06. The van der Waals surface area contributed by atoms with Crippen LogP contribution < -0.4 is 0 Å². The minimum absolute atomic E-state index is 0. The average molecular weight is 211 g/mol. The molecule has 1 aliphatic rings. The third-order valence-electron chi connectivity index (χ3n) is 1.70. The minimum Gasteiger partial charge on any atom is -0.0805 e. The normalized spacial score (nSPS) is 14.7. The van der Waals surface area contributed by atoms with E-state index in [1.54, 1.807) is 5.57 Å². The first kappa shape index (κ1) is 10.6. The Morgan fingerprint density at radius 3 is 2.80 bits per heavy atom. The van der Waals surface area contributed by atoms with Crippen molar-refractivity contribution >= 4 is 0 Å². The number of hydrogen-bond donors (Lipinski definition) is 0. The zero-order valence-corrected chi connectivity index (χ0v) is 9.48. The zero-order chi connectivity index (χ0) is 6.53. The van der Waals surface area contributed by atoms with Crippen LogP contribution in [0, 0.1) is 0 Å². The van der Waals surface area contributed by atoms with Gasteiger partial charge < -0.3 is 0 Å². The van der Waals surface area contributed by atoms with Crippen LogP contribution in [0.5, 0.6) is 0 Å². The van der Waals surface area contributed by atoms with Gasteiger partial charge in [0.25, 0.3) is 0 Å². The van der Waals surface area contributed by atoms with E-state index in [0.717, 1.165) is 0 Å². The quantitative estimate of drug-likeness (QED) is 0.672. The number of allylic oxidation sites excluding steroid dienone is 4. The van der Waals surface area contributed by atoms with Gasteiger partial charge in [-0.2, -0.15) is 0 Å². The second kappa shape index (κ2) is 6.30. The Morgan fingerprint density at radius 2 is 2.30 bits per heavy atom. The first-order valence-corrected chi connectivity index (χ1v) is 3.78. The summed E-state index contributed by atoms with van der Waals surface area (Å²) in [6.45, 7) is 2.24. The van der Waals surface area contributed by atoms with E-state index in [4.69, 9.17) is 0 Å². The van der Waals surface area contributed by atoms with Gasteiger partial charge in [-0.05, 0) is 19.3 Å². The van der Waals surface area contributed by atoms with Crippen LogP contribution in [0.1, 0.15) is 32.6 Å². The van der Waals surface area contributed by atoms with Crippen molar-refractivity contribution in [2.75, 3.05) is 0 Å². The molecule has 0 N–H and O–H groups in total. The molecule has 1 aliphatic carbocycles. The molecule has 0 saturated heterocycles. The van der Waals surface area contributed by atoms with Crippen molar-refractivity contribution in [3.8, 4) is 0 Å². The molecule has 0 amide bonds. The van der Waals surface area contributed by atoms with E-state index in [1.807, 2.05) is 0 Å². The predicted molar refractivity (Wildman–Crippen MR) is 41.4 cm³/mol. The molecule has 0 aromatic carbocycles. The summed E-state index contributed by atoms with van der Waals surface area (Å²) >= 11 is 0. The third kappa shape index (κ3) is 3.68. The molecule has 0 fully saturated rings. The van der Waals surface area contributed by atoms with Crippen LogP contribution in [0.4, 0.5) is 0 Å². The standard InChI is InChI=1S/C9H14.Y/c1-2-3-6-9-7-4-5-8-9;/h4-5,7H,2-3,6,8H2,1H3;. The first-order valence-electron chi connectivity index (χ1n) is 3.78. The van der Waals surface area contributed by atoms with E-state index in [0.29, 0.717) is 0 Å². The zero-order valence-electron chi connectivity index (χ0n) is 6.64. The summed E-state index contributed by atoms with van der Waals surface area (Å²) in [6.07, 6.45) is 11.8. The van der Waals surface area contributed by atoms with Crippen LogP contribution in [0.25, 0.3) is 0 Å². The molecule has 0 aliphatic heterocycles. The minimum atomic E-state index is 0. The third-order valence-corrected chi connectivity index (χ3v) is 1.70. The molecule has 1 radical (unpaired) electrons. The van der Waals surface area contributed by atoms with Gasteiger partial charge in [-0.15, -0.1) is 0 Å². The molecule has 0 saturated carbocycles. The molecule has 0 aromatic heterocycles. The Morgan fingerprint density at radius 1 is 1.50 bits per heavy atom. The summed E-state index contributed by atoms with van der Waals surface area (Å²) in [4.78, 5) is 0. The Hall–Kier alpha value is 0.584. The molecular formula is C9H14Y. The molecule has 10 heavy (non-hydrogen) atoms. The van der Waals surface area contributed by atoms with Crippen LogP contribution in [-0.4, -0.2) is 0 Å². The van der Waals surface area contributed by atoms with Gasteiger partial charge in [0.1, 0.15) is 0 Å². The average Bonchev–Trinajstić information content (AvgIpc) is 2.34. The van der Waals surface area contributed by atoms with Crippen LogP contribution in [0.15, 0.2) is 23.8 Å². The SMILES string of the molecule is CCCCC1=CC=CC1.[Y]. The van der Waals surface area contributed by atoms with Gasteiger partial charge in [0, 0.05) is 32.7 Å². The van der Waals surface area contributed by atoms with Crippen molar-refractivity contribution < 1.29 is 32.7 Å². The van der Waals surface area contributed by atoms with Crippen molar-refractivity contribution in [3.05, 3.63) is 23.8 Å². The Labute approximate surface area is 88.7 Å². The van der Waals surface area contributed by atoms with Gasteiger partial charge in [0.15, 0.2) is 0 Å². The van der Waals surface area contributed by atoms with Gasteiger partial charge in [0.05, 0.1) is 0 Å². The number of unbranched alkanes of at least 4 members (excludes halogenated alkanes) is 1. The molecule has 0 atom stereocenters. The Kier molecular flexibility index (Phi) is 6.67. The van der Waals surface area contributed by atoms with E-state index in [9.17, 15) is 0 Å². The number of hydrogen-bond acceptors (Lipinski definition) is 0. The van der Waals surface area contributed by atoms with Crippen molar-refractivity contribution in [2.24, 2.45) is 0 Å². The monoisotopic (exact) mass is 211 g/mol. The molecule has 0 heterocycles. The van der Waals surface area contributed by atoms with Gasteiger partial charge in [-0.1, -0.05) is 37.1 Å². The van der Waals surface area contributed by atoms with Crippen molar-refractivity contribution in [3.63, 3.8) is 0 Å². The maximum Gasteiger partial charge on any atom is 0 e. The molecule has 0 spiro atoms. The van der Waals surface area contributed by atoms with E-state index in [1.165, 1.54) is 25.7 Å². The fraction of sp³-hybridized carbons (Fsp3) is 0.556. The van der Waals surface area contributed by atoms with Crippen molar-refractivity contribution in [2.45, 2.75) is 32.6 Å². The van der Waals surface area contributed by atoms with Gasteiger partial charge in [0.2, 0.25) is 0 Å². The molecule has 0 nitrogen and oxygen atoms in total. The van der Waals surface area contributed by atoms with Crippen LogP contribution >= 0.6 is 0 Å². The molecule has 53 valence electrons. The Balaban J connectivity index is 0.000000810. The molecule has 0 unspecified atom stereocenters. The van der Waals surface area contributed by atoms with Crippen LogP contribution in [-0.2, 0) is 32.7 Å². The molecule has 0 bridgehead atoms. The van der Waals surface area contributed by atoms with Crippen LogP contribution in [0.2, 0.25) is 0 Å². The smallest absolute Gasteiger partial charge is 0 e. The summed E-state index contributed by atoms with van der Waals surface area (Å²) in [5.41, 5.74) is 1.61. The first-order chi connectivity index (χ1) is 4.43. The molecular weight excluding hydrogens is 197 g/mol. The number of rotatable bonds is 3. The summed E-state index contributed by atoms with van der Waals surface area (Å²) in [6, 6.07) is 0.